The number of methoxy groups -OCH3 is 2. The Labute approximate surface area is 165 Å². The van der Waals surface area contributed by atoms with Crippen molar-refractivity contribution in [1.29, 1.82) is 0 Å². The number of hydrogen-bond donors (Lipinski definition) is 0. The van der Waals surface area contributed by atoms with E-state index in [1.165, 1.54) is 0 Å². The second-order valence-corrected chi connectivity index (χ2v) is 7.23. The van der Waals surface area contributed by atoms with Gasteiger partial charge in [0, 0.05) is 5.56 Å². The van der Waals surface area contributed by atoms with Crippen molar-refractivity contribution in [3.63, 3.8) is 0 Å². The van der Waals surface area contributed by atoms with Crippen molar-refractivity contribution in [2.24, 2.45) is 0 Å². The van der Waals surface area contributed by atoms with E-state index in [9.17, 15) is 4.79 Å². The van der Waals surface area contributed by atoms with E-state index < -0.39 is 5.79 Å². The Hall–Kier alpha value is -2.57. The molecular weight excluding hydrogens is 358 g/mol. The topological polar surface area (TPSA) is 57.2 Å². The zero-order chi connectivity index (χ0) is 19.9. The van der Waals surface area contributed by atoms with Crippen LogP contribution < -0.4 is 14.4 Å². The summed E-state index contributed by atoms with van der Waals surface area (Å²) < 4.78 is 22.7. The zero-order valence-corrected chi connectivity index (χ0v) is 16.7. The molecule has 1 fully saturated rings. The van der Waals surface area contributed by atoms with E-state index in [2.05, 4.69) is 6.07 Å². The second kappa shape index (κ2) is 7.11. The van der Waals surface area contributed by atoms with Gasteiger partial charge in [0.1, 0.15) is 0 Å². The Morgan fingerprint density at radius 2 is 1.75 bits per heavy atom. The number of nitrogens with zero attached hydrogens (tertiary/aromatic N) is 1. The van der Waals surface area contributed by atoms with Gasteiger partial charge in [-0.1, -0.05) is 17.7 Å². The Balaban J connectivity index is 1.77. The van der Waals surface area contributed by atoms with E-state index in [0.717, 1.165) is 34.4 Å². The van der Waals surface area contributed by atoms with Gasteiger partial charge in [-0.05, 0) is 49.6 Å². The molecule has 0 radical (unpaired) electrons. The Morgan fingerprint density at radius 3 is 2.43 bits per heavy atom. The quantitative estimate of drug-likeness (QED) is 0.809. The number of amides is 1. The average Bonchev–Trinajstić information content (AvgIpc) is 2.91. The summed E-state index contributed by atoms with van der Waals surface area (Å²) in [6.45, 7) is 5.43. The highest BCUT2D eigenvalue weighted by molar-refractivity contribution is 6.07. The van der Waals surface area contributed by atoms with Crippen molar-refractivity contribution >= 4 is 11.6 Å². The summed E-state index contributed by atoms with van der Waals surface area (Å²) in [7, 11) is 3.20. The molecule has 4 rings (SSSR count). The molecule has 148 valence electrons. The highest BCUT2D eigenvalue weighted by Gasteiger charge is 2.55. The van der Waals surface area contributed by atoms with Crippen LogP contribution in [0.5, 0.6) is 11.5 Å². The van der Waals surface area contributed by atoms with E-state index in [1.807, 2.05) is 38.1 Å². The molecule has 0 atom stereocenters. The SMILES string of the molecule is COc1ccc(CN2C(=O)C3(OCCCO3)c3cc(C)cc(C)c32)cc1OC. The van der Waals surface area contributed by atoms with Crippen molar-refractivity contribution in [1.82, 2.24) is 0 Å². The largest absolute Gasteiger partial charge is 0.493 e. The van der Waals surface area contributed by atoms with E-state index >= 15 is 0 Å². The fraction of sp³-hybridized carbons (Fsp3) is 0.409. The van der Waals surface area contributed by atoms with Gasteiger partial charge in [0.05, 0.1) is 39.7 Å². The Morgan fingerprint density at radius 1 is 1.04 bits per heavy atom. The van der Waals surface area contributed by atoms with Crippen molar-refractivity contribution in [2.45, 2.75) is 32.6 Å². The van der Waals surface area contributed by atoms with Gasteiger partial charge in [-0.15, -0.1) is 0 Å². The maximum absolute atomic E-state index is 13.5. The summed E-state index contributed by atoms with van der Waals surface area (Å²) in [6.07, 6.45) is 0.783. The minimum Gasteiger partial charge on any atom is -0.493 e. The van der Waals surface area contributed by atoms with Crippen LogP contribution in [0.4, 0.5) is 5.69 Å². The number of ether oxygens (including phenoxy) is 4. The molecule has 1 amide bonds. The molecule has 1 saturated heterocycles. The lowest BCUT2D eigenvalue weighted by Gasteiger charge is -2.32. The first-order valence-electron chi connectivity index (χ1n) is 9.42. The highest BCUT2D eigenvalue weighted by Crippen LogP contribution is 2.48. The van der Waals surface area contributed by atoms with Crippen LogP contribution in [-0.4, -0.2) is 33.3 Å². The monoisotopic (exact) mass is 383 g/mol. The van der Waals surface area contributed by atoms with Crippen LogP contribution >= 0.6 is 0 Å². The van der Waals surface area contributed by atoms with Crippen LogP contribution in [0.2, 0.25) is 0 Å². The van der Waals surface area contributed by atoms with Crippen molar-refractivity contribution in [3.05, 3.63) is 52.6 Å². The number of carbonyl (C=O) groups is 1. The molecular formula is C22H25NO5. The van der Waals surface area contributed by atoms with E-state index in [1.54, 1.807) is 19.1 Å². The molecule has 6 heteroatoms. The number of rotatable bonds is 4. The third kappa shape index (κ3) is 2.84. The lowest BCUT2D eigenvalue weighted by atomic mass is 10.00. The fourth-order valence-electron chi connectivity index (χ4n) is 4.09. The van der Waals surface area contributed by atoms with Crippen molar-refractivity contribution < 1.29 is 23.7 Å². The number of aryl methyl sites for hydroxylation is 2. The van der Waals surface area contributed by atoms with Crippen LogP contribution in [0.1, 0.15) is 28.7 Å². The number of fused-ring (bicyclic) bond motifs is 2. The smallest absolute Gasteiger partial charge is 0.292 e. The summed E-state index contributed by atoms with van der Waals surface area (Å²) >= 11 is 0. The minimum atomic E-state index is -1.33. The second-order valence-electron chi connectivity index (χ2n) is 7.23. The van der Waals surface area contributed by atoms with E-state index in [4.69, 9.17) is 18.9 Å². The third-order valence-corrected chi connectivity index (χ3v) is 5.28. The normalized spacial score (nSPS) is 17.7. The van der Waals surface area contributed by atoms with Gasteiger partial charge in [-0.2, -0.15) is 0 Å². The molecule has 0 unspecified atom stereocenters. The molecule has 6 nitrogen and oxygen atoms in total. The zero-order valence-electron chi connectivity index (χ0n) is 16.7. The number of carbonyl (C=O) groups excluding carboxylic acids is 1. The first kappa shape index (κ1) is 18.8. The van der Waals surface area contributed by atoms with Gasteiger partial charge in [0.25, 0.3) is 11.7 Å². The van der Waals surface area contributed by atoms with Gasteiger partial charge in [-0.3, -0.25) is 4.79 Å². The predicted molar refractivity (Wildman–Crippen MR) is 105 cm³/mol. The maximum Gasteiger partial charge on any atom is 0.292 e. The molecule has 0 bridgehead atoms. The molecule has 2 aromatic carbocycles. The average molecular weight is 383 g/mol. The summed E-state index contributed by atoms with van der Waals surface area (Å²) in [5.74, 6) is -0.222. The first-order chi connectivity index (χ1) is 13.5. The molecule has 2 aliphatic rings. The first-order valence-corrected chi connectivity index (χ1v) is 9.42. The number of anilines is 1. The van der Waals surface area contributed by atoms with Crippen LogP contribution in [0.3, 0.4) is 0 Å². The van der Waals surface area contributed by atoms with E-state index in [-0.39, 0.29) is 5.91 Å². The third-order valence-electron chi connectivity index (χ3n) is 5.28. The standard InChI is InChI=1S/C22H25NO5/c1-14-10-15(2)20-17(11-14)22(27-8-5-9-28-22)21(24)23(20)13-16-6-7-18(25-3)19(12-16)26-4/h6-7,10-12H,5,8-9,13H2,1-4H3. The summed E-state index contributed by atoms with van der Waals surface area (Å²) in [4.78, 5) is 15.3. The van der Waals surface area contributed by atoms with Gasteiger partial charge >= 0.3 is 0 Å². The maximum atomic E-state index is 13.5. The Bertz CT molecular complexity index is 917. The molecule has 2 heterocycles. The summed E-state index contributed by atoms with van der Waals surface area (Å²) in [5.41, 5.74) is 4.71. The van der Waals surface area contributed by atoms with Gasteiger partial charge in [-0.25, -0.2) is 0 Å². The number of benzene rings is 2. The summed E-state index contributed by atoms with van der Waals surface area (Å²) in [5, 5.41) is 0. The highest BCUT2D eigenvalue weighted by atomic mass is 16.7. The molecule has 0 N–H and O–H groups in total. The molecule has 0 aromatic heterocycles. The van der Waals surface area contributed by atoms with E-state index in [0.29, 0.717) is 31.3 Å². The minimum absolute atomic E-state index is 0.175. The molecule has 1 spiro atoms. The van der Waals surface area contributed by atoms with Gasteiger partial charge < -0.3 is 23.8 Å². The lowest BCUT2D eigenvalue weighted by molar-refractivity contribution is -0.256. The molecule has 0 aliphatic carbocycles. The summed E-state index contributed by atoms with van der Waals surface area (Å²) in [6, 6.07) is 9.75. The molecule has 28 heavy (non-hydrogen) atoms. The van der Waals surface area contributed by atoms with Crippen molar-refractivity contribution in [3.8, 4) is 11.5 Å². The van der Waals surface area contributed by atoms with Crippen molar-refractivity contribution in [2.75, 3.05) is 32.3 Å². The molecule has 0 saturated carbocycles. The van der Waals surface area contributed by atoms with Gasteiger partial charge in [0.2, 0.25) is 0 Å². The van der Waals surface area contributed by atoms with Crippen LogP contribution in [0.15, 0.2) is 30.3 Å². The number of hydrogen-bond acceptors (Lipinski definition) is 5. The Kier molecular flexibility index (Phi) is 4.77. The van der Waals surface area contributed by atoms with Gasteiger partial charge in [0.15, 0.2) is 11.5 Å². The molecule has 2 aliphatic heterocycles. The van der Waals surface area contributed by atoms with Crippen LogP contribution in [-0.2, 0) is 26.6 Å². The fourth-order valence-corrected chi connectivity index (χ4v) is 4.09. The van der Waals surface area contributed by atoms with Crippen LogP contribution in [0, 0.1) is 13.8 Å². The van der Waals surface area contributed by atoms with Crippen LogP contribution in [0.25, 0.3) is 0 Å². The predicted octanol–water partition coefficient (Wildman–Crippen LogP) is 3.46. The molecule has 2 aromatic rings. The lowest BCUT2D eigenvalue weighted by Crippen LogP contribution is -2.47.